The van der Waals surface area contributed by atoms with Gasteiger partial charge in [0.1, 0.15) is 5.78 Å². The minimum Gasteiger partial charge on any atom is -0.466 e. The Morgan fingerprint density at radius 2 is 1.93 bits per heavy atom. The molecule has 0 bridgehead atoms. The molecule has 0 aliphatic heterocycles. The molecule has 82 valence electrons. The van der Waals surface area contributed by atoms with E-state index in [-0.39, 0.29) is 16.6 Å². The van der Waals surface area contributed by atoms with Crippen LogP contribution in [0.15, 0.2) is 0 Å². The molecule has 4 heteroatoms. The summed E-state index contributed by atoms with van der Waals surface area (Å²) in [7, 11) is 0. The van der Waals surface area contributed by atoms with E-state index in [1.807, 2.05) is 6.92 Å². The second-order valence-electron chi connectivity index (χ2n) is 3.03. The lowest BCUT2D eigenvalue weighted by Crippen LogP contribution is -2.15. The summed E-state index contributed by atoms with van der Waals surface area (Å²) in [6.45, 7) is 4.13. The van der Waals surface area contributed by atoms with Gasteiger partial charge in [0.05, 0.1) is 11.4 Å². The van der Waals surface area contributed by atoms with Crippen LogP contribution in [0.3, 0.4) is 0 Å². The van der Waals surface area contributed by atoms with E-state index in [1.54, 1.807) is 6.92 Å². The third-order valence-corrected chi connectivity index (χ3v) is 2.72. The summed E-state index contributed by atoms with van der Waals surface area (Å²) >= 11 is 3.27. The molecule has 0 heterocycles. The van der Waals surface area contributed by atoms with Crippen molar-refractivity contribution in [1.82, 2.24) is 0 Å². The van der Waals surface area contributed by atoms with Gasteiger partial charge >= 0.3 is 5.97 Å². The van der Waals surface area contributed by atoms with Crippen molar-refractivity contribution in [3.8, 4) is 0 Å². The molecule has 0 aromatic carbocycles. The molecule has 0 aromatic heterocycles. The number of hydrogen-bond acceptors (Lipinski definition) is 3. The molecule has 3 nitrogen and oxygen atoms in total. The maximum atomic E-state index is 11.3. The van der Waals surface area contributed by atoms with Crippen molar-refractivity contribution < 1.29 is 14.3 Å². The monoisotopic (exact) mass is 264 g/mol. The molecule has 0 rings (SSSR count). The van der Waals surface area contributed by atoms with Crippen LogP contribution in [0.1, 0.15) is 39.5 Å². The van der Waals surface area contributed by atoms with Crippen LogP contribution in [0.2, 0.25) is 0 Å². The fraction of sp³-hybridized carbons (Fsp3) is 0.800. The Balaban J connectivity index is 3.67. The second-order valence-corrected chi connectivity index (χ2v) is 4.13. The van der Waals surface area contributed by atoms with E-state index in [1.165, 1.54) is 0 Å². The van der Waals surface area contributed by atoms with Crippen molar-refractivity contribution in [2.24, 2.45) is 0 Å². The van der Waals surface area contributed by atoms with E-state index in [4.69, 9.17) is 4.74 Å². The van der Waals surface area contributed by atoms with Gasteiger partial charge in [-0.05, 0) is 19.8 Å². The number of carbonyl (C=O) groups excluding carboxylic acids is 2. The number of carbonyl (C=O) groups is 2. The quantitative estimate of drug-likeness (QED) is 0.524. The van der Waals surface area contributed by atoms with Gasteiger partial charge in [0, 0.05) is 12.8 Å². The summed E-state index contributed by atoms with van der Waals surface area (Å²) in [6, 6.07) is 0. The van der Waals surface area contributed by atoms with Gasteiger partial charge in [0.25, 0.3) is 0 Å². The number of esters is 1. The molecule has 0 fully saturated rings. The van der Waals surface area contributed by atoms with Gasteiger partial charge in [0.15, 0.2) is 0 Å². The standard InChI is InChI=1S/C10H17BrO3/c1-3-5-9(12)8(11)6-7-10(13)14-4-2/h8H,3-7H2,1-2H3. The summed E-state index contributed by atoms with van der Waals surface area (Å²) in [4.78, 5) is 22.1. The van der Waals surface area contributed by atoms with Crippen molar-refractivity contribution >= 4 is 27.7 Å². The Bertz CT molecular complexity index is 192. The van der Waals surface area contributed by atoms with Gasteiger partial charge < -0.3 is 4.74 Å². The fourth-order valence-electron chi connectivity index (χ4n) is 1.04. The molecule has 0 saturated heterocycles. The molecule has 14 heavy (non-hydrogen) atoms. The SMILES string of the molecule is CCCC(=O)C(Br)CCC(=O)OCC. The van der Waals surface area contributed by atoms with Crippen LogP contribution < -0.4 is 0 Å². The van der Waals surface area contributed by atoms with Crippen molar-refractivity contribution in [2.75, 3.05) is 6.61 Å². The van der Waals surface area contributed by atoms with Crippen LogP contribution in [-0.4, -0.2) is 23.2 Å². The number of rotatable bonds is 7. The largest absolute Gasteiger partial charge is 0.466 e. The normalized spacial score (nSPS) is 12.2. The third kappa shape index (κ3) is 6.13. The highest BCUT2D eigenvalue weighted by molar-refractivity contribution is 9.10. The molecule has 0 aliphatic rings. The van der Waals surface area contributed by atoms with Crippen molar-refractivity contribution in [2.45, 2.75) is 44.4 Å². The van der Waals surface area contributed by atoms with Gasteiger partial charge in [-0.3, -0.25) is 9.59 Å². The molecule has 0 amide bonds. The van der Waals surface area contributed by atoms with Crippen LogP contribution >= 0.6 is 15.9 Å². The summed E-state index contributed by atoms with van der Waals surface area (Å²) in [5.41, 5.74) is 0. The molecule has 0 aliphatic carbocycles. The Morgan fingerprint density at radius 3 is 2.43 bits per heavy atom. The number of halogens is 1. The minimum absolute atomic E-state index is 0.164. The van der Waals surface area contributed by atoms with E-state index in [0.717, 1.165) is 6.42 Å². The average molecular weight is 265 g/mol. The van der Waals surface area contributed by atoms with Gasteiger partial charge in [0.2, 0.25) is 0 Å². The maximum absolute atomic E-state index is 11.3. The highest BCUT2D eigenvalue weighted by Gasteiger charge is 2.15. The molecular formula is C10H17BrO3. The molecule has 0 aromatic rings. The first-order valence-electron chi connectivity index (χ1n) is 4.94. The maximum Gasteiger partial charge on any atom is 0.305 e. The summed E-state index contributed by atoms with van der Waals surface area (Å²) < 4.78 is 4.76. The number of ketones is 1. The smallest absolute Gasteiger partial charge is 0.305 e. The Hall–Kier alpha value is -0.380. The zero-order chi connectivity index (χ0) is 11.0. The van der Waals surface area contributed by atoms with E-state index in [9.17, 15) is 9.59 Å². The van der Waals surface area contributed by atoms with Crippen LogP contribution in [0.5, 0.6) is 0 Å². The first kappa shape index (κ1) is 13.6. The van der Waals surface area contributed by atoms with Crippen LogP contribution in [0, 0.1) is 0 Å². The zero-order valence-electron chi connectivity index (χ0n) is 8.72. The highest BCUT2D eigenvalue weighted by atomic mass is 79.9. The number of alkyl halides is 1. The molecule has 1 unspecified atom stereocenters. The zero-order valence-corrected chi connectivity index (χ0v) is 10.3. The lowest BCUT2D eigenvalue weighted by Gasteiger charge is -2.07. The van der Waals surface area contributed by atoms with Crippen LogP contribution in [-0.2, 0) is 14.3 Å². The lowest BCUT2D eigenvalue weighted by molar-refractivity contribution is -0.143. The molecular weight excluding hydrogens is 248 g/mol. The minimum atomic E-state index is -0.235. The van der Waals surface area contributed by atoms with E-state index >= 15 is 0 Å². The van der Waals surface area contributed by atoms with Crippen molar-refractivity contribution in [3.63, 3.8) is 0 Å². The number of Topliss-reactive ketones (excluding diaryl/α,β-unsaturated/α-hetero) is 1. The van der Waals surface area contributed by atoms with Gasteiger partial charge in [-0.2, -0.15) is 0 Å². The number of ether oxygens (including phenoxy) is 1. The molecule has 0 spiro atoms. The topological polar surface area (TPSA) is 43.4 Å². The molecule has 1 atom stereocenters. The van der Waals surface area contributed by atoms with E-state index in [2.05, 4.69) is 15.9 Å². The summed E-state index contributed by atoms with van der Waals surface area (Å²) in [5, 5.41) is 0. The Labute approximate surface area is 93.3 Å². The first-order valence-corrected chi connectivity index (χ1v) is 5.85. The van der Waals surface area contributed by atoms with Gasteiger partial charge in [-0.25, -0.2) is 0 Å². The fourth-order valence-corrected chi connectivity index (χ4v) is 1.50. The van der Waals surface area contributed by atoms with Crippen molar-refractivity contribution in [3.05, 3.63) is 0 Å². The van der Waals surface area contributed by atoms with Gasteiger partial charge in [-0.15, -0.1) is 0 Å². The Morgan fingerprint density at radius 1 is 1.29 bits per heavy atom. The number of hydrogen-bond donors (Lipinski definition) is 0. The molecule has 0 radical (unpaired) electrons. The van der Waals surface area contributed by atoms with Crippen LogP contribution in [0.4, 0.5) is 0 Å². The lowest BCUT2D eigenvalue weighted by atomic mass is 10.1. The van der Waals surface area contributed by atoms with Crippen LogP contribution in [0.25, 0.3) is 0 Å². The molecule has 0 saturated carbocycles. The van der Waals surface area contributed by atoms with E-state index < -0.39 is 0 Å². The Kier molecular flexibility index (Phi) is 7.76. The van der Waals surface area contributed by atoms with Gasteiger partial charge in [-0.1, -0.05) is 22.9 Å². The summed E-state index contributed by atoms with van der Waals surface area (Å²) in [5.74, 6) is -0.0713. The third-order valence-electron chi connectivity index (χ3n) is 1.75. The summed E-state index contributed by atoms with van der Waals surface area (Å²) in [6.07, 6.45) is 2.25. The average Bonchev–Trinajstić information content (AvgIpc) is 2.15. The second kappa shape index (κ2) is 7.97. The predicted molar refractivity (Wildman–Crippen MR) is 58.5 cm³/mol. The first-order chi connectivity index (χ1) is 6.61. The molecule has 0 N–H and O–H groups in total. The van der Waals surface area contributed by atoms with E-state index in [0.29, 0.717) is 25.9 Å². The predicted octanol–water partition coefficient (Wildman–Crippen LogP) is 2.46. The van der Waals surface area contributed by atoms with Crippen molar-refractivity contribution in [1.29, 1.82) is 0 Å². The highest BCUT2D eigenvalue weighted by Crippen LogP contribution is 2.12.